The van der Waals surface area contributed by atoms with E-state index in [0.29, 0.717) is 11.1 Å². The molecule has 0 unspecified atom stereocenters. The second kappa shape index (κ2) is 6.97. The number of hydrogen-bond donors (Lipinski definition) is 2. The van der Waals surface area contributed by atoms with Gasteiger partial charge in [-0.1, -0.05) is 12.1 Å². The molecule has 0 spiro atoms. The Labute approximate surface area is 169 Å². The predicted molar refractivity (Wildman–Crippen MR) is 108 cm³/mol. The van der Waals surface area contributed by atoms with Crippen LogP contribution in [0.5, 0.6) is 0 Å². The van der Waals surface area contributed by atoms with E-state index in [-0.39, 0.29) is 5.69 Å². The minimum atomic E-state index is -4.67. The van der Waals surface area contributed by atoms with Crippen LogP contribution in [-0.4, -0.2) is 30.9 Å². The Balaban J connectivity index is 1.96. The van der Waals surface area contributed by atoms with E-state index in [1.54, 1.807) is 18.2 Å². The lowest BCUT2D eigenvalue weighted by molar-refractivity contribution is 0.478. The van der Waals surface area contributed by atoms with E-state index in [1.165, 1.54) is 11.3 Å². The Bertz CT molecular complexity index is 1510. The Kier molecular flexibility index (Phi) is 4.71. The standard InChI is InChI=1S/C18H12N2O6S3/c21-28(22,23)12-6-8-18(29(24,25)26)15(10-12)19-11-5-7-14-17(9-11)27-16-4-2-1-3-13(16)20-14/h1-10H,(H,21,22,23)(H,24,25,26). The summed E-state index contributed by atoms with van der Waals surface area (Å²) in [4.78, 5) is 8.39. The number of rotatable bonds is 3. The van der Waals surface area contributed by atoms with Crippen LogP contribution in [0.15, 0.2) is 75.4 Å². The third kappa shape index (κ3) is 4.04. The third-order valence-electron chi connectivity index (χ3n) is 4.03. The number of para-hydroxylation sites is 1. The van der Waals surface area contributed by atoms with E-state index < -0.39 is 30.0 Å². The minimum absolute atomic E-state index is 0.319. The van der Waals surface area contributed by atoms with E-state index in [2.05, 4.69) is 9.98 Å². The zero-order valence-electron chi connectivity index (χ0n) is 14.4. The molecule has 0 bridgehead atoms. The van der Waals surface area contributed by atoms with Gasteiger partial charge in [0, 0.05) is 0 Å². The molecule has 0 fully saturated rings. The lowest BCUT2D eigenvalue weighted by atomic mass is 10.2. The number of aromatic nitrogens is 1. The molecule has 4 rings (SSSR count). The molecular weight excluding hydrogens is 436 g/mol. The van der Waals surface area contributed by atoms with Crippen LogP contribution in [0, 0.1) is 0 Å². The molecule has 0 amide bonds. The maximum Gasteiger partial charge on any atom is 0.296 e. The van der Waals surface area contributed by atoms with Crippen LogP contribution >= 0.6 is 11.3 Å². The first-order valence-electron chi connectivity index (χ1n) is 8.05. The first-order valence-corrected chi connectivity index (χ1v) is 11.7. The summed E-state index contributed by atoms with van der Waals surface area (Å²) < 4.78 is 65.7. The largest absolute Gasteiger partial charge is 0.296 e. The van der Waals surface area contributed by atoms with Crippen molar-refractivity contribution in [2.45, 2.75) is 9.79 Å². The van der Waals surface area contributed by atoms with Crippen LogP contribution in [0.3, 0.4) is 0 Å². The van der Waals surface area contributed by atoms with Crippen molar-refractivity contribution in [1.82, 2.24) is 4.98 Å². The summed E-state index contributed by atoms with van der Waals surface area (Å²) in [6, 6.07) is 15.2. The van der Waals surface area contributed by atoms with Crippen molar-refractivity contribution in [2.75, 3.05) is 0 Å². The van der Waals surface area contributed by atoms with Crippen molar-refractivity contribution in [1.29, 1.82) is 0 Å². The molecule has 148 valence electrons. The molecule has 1 heterocycles. The molecule has 0 aromatic heterocycles. The molecule has 2 aliphatic rings. The smallest absolute Gasteiger partial charge is 0.282 e. The van der Waals surface area contributed by atoms with Gasteiger partial charge >= 0.3 is 0 Å². The predicted octanol–water partition coefficient (Wildman–Crippen LogP) is 3.13. The van der Waals surface area contributed by atoms with E-state index in [4.69, 9.17) is 0 Å². The molecule has 8 nitrogen and oxygen atoms in total. The topological polar surface area (TPSA) is 134 Å². The Morgan fingerprint density at radius 3 is 2.34 bits per heavy atom. The fourth-order valence-electron chi connectivity index (χ4n) is 2.73. The second-order valence-electron chi connectivity index (χ2n) is 6.03. The highest BCUT2D eigenvalue weighted by Crippen LogP contribution is 2.30. The quantitative estimate of drug-likeness (QED) is 0.363. The molecule has 2 aromatic carbocycles. The van der Waals surface area contributed by atoms with Crippen LogP contribution in [0.4, 0.5) is 5.69 Å². The van der Waals surface area contributed by atoms with E-state index in [1.807, 2.05) is 24.3 Å². The molecule has 0 atom stereocenters. The van der Waals surface area contributed by atoms with Gasteiger partial charge in [-0.2, -0.15) is 16.8 Å². The van der Waals surface area contributed by atoms with Crippen molar-refractivity contribution in [2.24, 2.45) is 4.99 Å². The number of fused-ring (bicyclic) bond motifs is 2. The average molecular weight is 449 g/mol. The summed E-state index contributed by atoms with van der Waals surface area (Å²) in [6.45, 7) is 0. The summed E-state index contributed by atoms with van der Waals surface area (Å²) >= 11 is 1.47. The summed E-state index contributed by atoms with van der Waals surface area (Å²) in [5.41, 5.74) is 1.24. The molecule has 29 heavy (non-hydrogen) atoms. The van der Waals surface area contributed by atoms with Crippen LogP contribution in [0.25, 0.3) is 20.8 Å². The van der Waals surface area contributed by atoms with Gasteiger partial charge in [-0.3, -0.25) is 9.11 Å². The third-order valence-corrected chi connectivity index (χ3v) is 6.89. The van der Waals surface area contributed by atoms with Gasteiger partial charge in [0.1, 0.15) is 4.90 Å². The highest BCUT2D eigenvalue weighted by atomic mass is 32.2. The fraction of sp³-hybridized carbons (Fsp3) is 0. The molecule has 1 aliphatic heterocycles. The summed E-state index contributed by atoms with van der Waals surface area (Å²) in [5.74, 6) is 0. The van der Waals surface area contributed by atoms with Gasteiger partial charge < -0.3 is 0 Å². The van der Waals surface area contributed by atoms with Crippen LogP contribution in [-0.2, 0) is 20.2 Å². The number of hydrogen-bond acceptors (Lipinski definition) is 7. The van der Waals surface area contributed by atoms with Gasteiger partial charge in [-0.25, -0.2) is 9.98 Å². The minimum Gasteiger partial charge on any atom is -0.282 e. The van der Waals surface area contributed by atoms with Gasteiger partial charge in [0.2, 0.25) is 0 Å². The zero-order valence-corrected chi connectivity index (χ0v) is 16.9. The molecule has 0 saturated carbocycles. The average Bonchev–Trinajstić information content (AvgIpc) is 2.64. The second-order valence-corrected chi connectivity index (χ2v) is 9.92. The van der Waals surface area contributed by atoms with E-state index in [0.717, 1.165) is 33.3 Å². The highest BCUT2D eigenvalue weighted by Gasteiger charge is 2.19. The number of benzene rings is 3. The molecule has 2 N–H and O–H groups in total. The molecule has 1 aliphatic carbocycles. The summed E-state index contributed by atoms with van der Waals surface area (Å²) in [7, 11) is -9.25. The lowest BCUT2D eigenvalue weighted by Gasteiger charge is -2.07. The molecular formula is C18H12N2O6S3. The molecule has 0 radical (unpaired) electrons. The van der Waals surface area contributed by atoms with Crippen molar-refractivity contribution >= 4 is 47.5 Å². The fourth-order valence-corrected chi connectivity index (χ4v) is 4.84. The summed E-state index contributed by atoms with van der Waals surface area (Å²) in [6.07, 6.45) is 0. The van der Waals surface area contributed by atoms with Gasteiger partial charge in [0.25, 0.3) is 20.2 Å². The molecule has 2 aromatic rings. The van der Waals surface area contributed by atoms with Gasteiger partial charge in [-0.15, -0.1) is 11.3 Å². The SMILES string of the molecule is O=S(=O)(O)c1ccc(S(=O)(=O)O)c(N=c2ccc3nc4ccccc4sc-3c2)c1. The van der Waals surface area contributed by atoms with Crippen molar-refractivity contribution in [3.05, 3.63) is 66.0 Å². The van der Waals surface area contributed by atoms with Crippen molar-refractivity contribution in [3.8, 4) is 10.6 Å². The summed E-state index contributed by atoms with van der Waals surface area (Å²) in [5, 5.41) is 0.322. The first-order chi connectivity index (χ1) is 13.6. The monoisotopic (exact) mass is 448 g/mol. The maximum atomic E-state index is 11.6. The van der Waals surface area contributed by atoms with Crippen LogP contribution in [0.1, 0.15) is 0 Å². The van der Waals surface area contributed by atoms with Crippen molar-refractivity contribution in [3.63, 3.8) is 0 Å². The van der Waals surface area contributed by atoms with Crippen molar-refractivity contribution < 1.29 is 25.9 Å². The van der Waals surface area contributed by atoms with E-state index >= 15 is 0 Å². The lowest BCUT2D eigenvalue weighted by Crippen LogP contribution is -2.05. The highest BCUT2D eigenvalue weighted by molar-refractivity contribution is 7.86. The van der Waals surface area contributed by atoms with E-state index in [9.17, 15) is 25.9 Å². The van der Waals surface area contributed by atoms with Gasteiger partial charge in [0.15, 0.2) is 0 Å². The maximum absolute atomic E-state index is 11.6. The Hall–Kier alpha value is -2.70. The molecule has 0 saturated heterocycles. The van der Waals surface area contributed by atoms with Gasteiger partial charge in [-0.05, 0) is 48.5 Å². The Morgan fingerprint density at radius 1 is 0.862 bits per heavy atom. The van der Waals surface area contributed by atoms with Gasteiger partial charge in [0.05, 0.1) is 36.7 Å². The zero-order chi connectivity index (χ0) is 20.8. The normalized spacial score (nSPS) is 13.2. The molecule has 11 heteroatoms. The van der Waals surface area contributed by atoms with Crippen LogP contribution < -0.4 is 5.36 Å². The van der Waals surface area contributed by atoms with Crippen LogP contribution in [0.2, 0.25) is 0 Å². The number of nitrogens with zero attached hydrogens (tertiary/aromatic N) is 2. The Morgan fingerprint density at radius 2 is 1.62 bits per heavy atom. The first kappa shape index (κ1) is 19.6.